The van der Waals surface area contributed by atoms with Crippen LogP contribution in [0.25, 0.3) is 22.2 Å². The smallest absolute Gasteiger partial charge is 0.194 e. The van der Waals surface area contributed by atoms with E-state index in [0.717, 1.165) is 27.7 Å². The zero-order valence-electron chi connectivity index (χ0n) is 16.1. The maximum Gasteiger partial charge on any atom is 0.194 e. The number of ether oxygens (including phenoxy) is 1. The van der Waals surface area contributed by atoms with Gasteiger partial charge >= 0.3 is 0 Å². The summed E-state index contributed by atoms with van der Waals surface area (Å²) >= 11 is 6.14. The van der Waals surface area contributed by atoms with Crippen molar-refractivity contribution in [2.24, 2.45) is 0 Å². The van der Waals surface area contributed by atoms with Crippen LogP contribution in [-0.4, -0.2) is 33.4 Å². The van der Waals surface area contributed by atoms with Gasteiger partial charge in [-0.05, 0) is 17.7 Å². The fourth-order valence-electron chi connectivity index (χ4n) is 3.95. The Morgan fingerprint density at radius 2 is 1.70 bits per heavy atom. The lowest BCUT2D eigenvalue weighted by molar-refractivity contribution is 0.0194. The van der Waals surface area contributed by atoms with Gasteiger partial charge in [0.2, 0.25) is 0 Å². The topological polar surface area (TPSA) is 64.4 Å². The number of aromatic nitrogens is 2. The predicted octanol–water partition coefficient (Wildman–Crippen LogP) is 4.48. The highest BCUT2D eigenvalue weighted by Crippen LogP contribution is 2.38. The van der Waals surface area contributed by atoms with Crippen molar-refractivity contribution in [2.75, 3.05) is 6.61 Å². The van der Waals surface area contributed by atoms with Gasteiger partial charge < -0.3 is 9.84 Å². The first-order valence-electron chi connectivity index (χ1n) is 9.76. The largest absolute Gasteiger partial charge is 0.389 e. The highest BCUT2D eigenvalue weighted by molar-refractivity contribution is 6.31. The second-order valence-electron chi connectivity index (χ2n) is 7.37. The van der Waals surface area contributed by atoms with Gasteiger partial charge in [0.05, 0.1) is 31.4 Å². The molecule has 5 rings (SSSR count). The fraction of sp³-hybridized carbons (Fsp3) is 0.167. The molecule has 0 saturated carbocycles. The Bertz CT molecular complexity index is 1260. The van der Waals surface area contributed by atoms with Crippen molar-refractivity contribution < 1.29 is 14.6 Å². The molecule has 3 aromatic carbocycles. The van der Waals surface area contributed by atoms with Crippen molar-refractivity contribution in [2.45, 2.75) is 19.3 Å². The number of aliphatic hydroxyl groups excluding tert-OH is 1. The van der Waals surface area contributed by atoms with E-state index in [-0.39, 0.29) is 18.9 Å². The standard InChI is InChI=1S/C24H19ClN2O3/c25-20-10-4-1-6-15(20)13-30-14-16(28)12-27-21-11-5-9-19-22(21)23(26-27)17-7-2-3-8-18(17)24(19)29/h1-11,16,28H,12-14H2/t16-/m1/s1. The Balaban J connectivity index is 1.39. The van der Waals surface area contributed by atoms with E-state index in [4.69, 9.17) is 21.4 Å². The summed E-state index contributed by atoms with van der Waals surface area (Å²) in [4.78, 5) is 12.9. The highest BCUT2D eigenvalue weighted by atomic mass is 35.5. The first-order valence-corrected chi connectivity index (χ1v) is 10.1. The van der Waals surface area contributed by atoms with Crippen LogP contribution in [0.15, 0.2) is 66.7 Å². The molecule has 0 fully saturated rings. The van der Waals surface area contributed by atoms with Crippen LogP contribution in [0.5, 0.6) is 0 Å². The predicted molar refractivity (Wildman–Crippen MR) is 116 cm³/mol. The van der Waals surface area contributed by atoms with Crippen molar-refractivity contribution in [3.63, 3.8) is 0 Å². The van der Waals surface area contributed by atoms with Crippen LogP contribution in [0.3, 0.4) is 0 Å². The van der Waals surface area contributed by atoms with Crippen LogP contribution in [-0.2, 0) is 17.9 Å². The van der Waals surface area contributed by atoms with E-state index in [1.165, 1.54) is 0 Å². The van der Waals surface area contributed by atoms with Crippen molar-refractivity contribution in [3.8, 4) is 11.3 Å². The van der Waals surface area contributed by atoms with Crippen LogP contribution in [0.2, 0.25) is 5.02 Å². The first-order chi connectivity index (χ1) is 14.6. The Labute approximate surface area is 178 Å². The summed E-state index contributed by atoms with van der Waals surface area (Å²) in [7, 11) is 0. The van der Waals surface area contributed by atoms with Gasteiger partial charge in [-0.3, -0.25) is 9.48 Å². The van der Waals surface area contributed by atoms with Crippen LogP contribution < -0.4 is 0 Å². The third kappa shape index (κ3) is 3.21. The molecule has 1 N–H and O–H groups in total. The number of hydrogen-bond donors (Lipinski definition) is 1. The summed E-state index contributed by atoms with van der Waals surface area (Å²) in [5.41, 5.74) is 4.62. The average molecular weight is 419 g/mol. The molecule has 4 aromatic rings. The molecule has 6 heteroatoms. The summed E-state index contributed by atoms with van der Waals surface area (Å²) in [6.07, 6.45) is -0.751. The van der Waals surface area contributed by atoms with Crippen LogP contribution in [0.4, 0.5) is 0 Å². The zero-order valence-corrected chi connectivity index (χ0v) is 16.8. The fourth-order valence-corrected chi connectivity index (χ4v) is 4.14. The number of carbonyl (C=O) groups is 1. The summed E-state index contributed by atoms with van der Waals surface area (Å²) in [6.45, 7) is 0.740. The molecule has 150 valence electrons. The van der Waals surface area contributed by atoms with Crippen molar-refractivity contribution in [1.82, 2.24) is 9.78 Å². The summed E-state index contributed by atoms with van der Waals surface area (Å²) in [5.74, 6) is 0.00636. The van der Waals surface area contributed by atoms with E-state index < -0.39 is 6.10 Å². The van der Waals surface area contributed by atoms with Crippen LogP contribution in [0.1, 0.15) is 21.5 Å². The molecule has 0 amide bonds. The minimum absolute atomic E-state index is 0.00636. The monoisotopic (exact) mass is 418 g/mol. The van der Waals surface area contributed by atoms with Crippen LogP contribution >= 0.6 is 11.6 Å². The van der Waals surface area contributed by atoms with Gasteiger partial charge in [-0.1, -0.05) is 66.2 Å². The Hall–Kier alpha value is -2.99. The normalized spacial score (nSPS) is 13.5. The molecule has 0 unspecified atom stereocenters. The third-order valence-corrected chi connectivity index (χ3v) is 5.73. The van der Waals surface area contributed by atoms with E-state index in [9.17, 15) is 9.90 Å². The van der Waals surface area contributed by atoms with Gasteiger partial charge in [-0.2, -0.15) is 5.10 Å². The number of fused-ring (bicyclic) bond motifs is 2. The lowest BCUT2D eigenvalue weighted by Gasteiger charge is -2.14. The Morgan fingerprint density at radius 1 is 0.967 bits per heavy atom. The van der Waals surface area contributed by atoms with Gasteiger partial charge in [0, 0.05) is 27.1 Å². The summed E-state index contributed by atoms with van der Waals surface area (Å²) in [5, 5.41) is 16.8. The van der Waals surface area contributed by atoms with Crippen molar-refractivity contribution in [3.05, 3.63) is 88.4 Å². The Morgan fingerprint density at radius 3 is 2.53 bits per heavy atom. The van der Waals surface area contributed by atoms with E-state index in [1.807, 2.05) is 66.7 Å². The maximum atomic E-state index is 12.9. The number of carbonyl (C=O) groups excluding carboxylic acids is 1. The number of ketones is 1. The van der Waals surface area contributed by atoms with Gasteiger partial charge in [-0.25, -0.2) is 0 Å². The van der Waals surface area contributed by atoms with E-state index in [1.54, 1.807) is 4.68 Å². The molecule has 1 atom stereocenters. The van der Waals surface area contributed by atoms with Gasteiger partial charge in [0.1, 0.15) is 5.69 Å². The van der Waals surface area contributed by atoms with E-state index >= 15 is 0 Å². The quantitative estimate of drug-likeness (QED) is 0.441. The molecular formula is C24H19ClN2O3. The van der Waals surface area contributed by atoms with Crippen molar-refractivity contribution >= 4 is 28.3 Å². The molecule has 1 aliphatic rings. The zero-order chi connectivity index (χ0) is 20.7. The minimum atomic E-state index is -0.751. The second-order valence-corrected chi connectivity index (χ2v) is 7.77. The molecule has 1 aromatic heterocycles. The van der Waals surface area contributed by atoms with Gasteiger partial charge in [0.15, 0.2) is 5.78 Å². The number of hydrogen-bond acceptors (Lipinski definition) is 4. The summed E-state index contributed by atoms with van der Waals surface area (Å²) < 4.78 is 7.42. The molecule has 0 saturated heterocycles. The van der Waals surface area contributed by atoms with E-state index in [0.29, 0.717) is 22.8 Å². The first kappa shape index (κ1) is 19.0. The number of halogens is 1. The number of nitrogens with zero attached hydrogens (tertiary/aromatic N) is 2. The maximum absolute atomic E-state index is 12.9. The van der Waals surface area contributed by atoms with Gasteiger partial charge in [0.25, 0.3) is 0 Å². The highest BCUT2D eigenvalue weighted by Gasteiger charge is 2.28. The second kappa shape index (κ2) is 7.69. The molecule has 1 heterocycles. The Kier molecular flexibility index (Phi) is 4.87. The molecule has 0 spiro atoms. The lowest BCUT2D eigenvalue weighted by atomic mass is 9.87. The average Bonchev–Trinajstić information content (AvgIpc) is 3.12. The third-order valence-electron chi connectivity index (χ3n) is 5.36. The molecule has 0 bridgehead atoms. The summed E-state index contributed by atoms with van der Waals surface area (Å²) in [6, 6.07) is 20.6. The van der Waals surface area contributed by atoms with Crippen molar-refractivity contribution in [1.29, 1.82) is 0 Å². The van der Waals surface area contributed by atoms with Gasteiger partial charge in [-0.15, -0.1) is 0 Å². The molecule has 5 nitrogen and oxygen atoms in total. The molecule has 0 radical (unpaired) electrons. The number of benzene rings is 3. The number of aliphatic hydroxyl groups is 1. The minimum Gasteiger partial charge on any atom is -0.389 e. The molecule has 1 aliphatic carbocycles. The van der Waals surface area contributed by atoms with E-state index in [2.05, 4.69) is 0 Å². The molecule has 0 aliphatic heterocycles. The SMILES string of the molecule is O=C1c2ccccc2-c2nn(C[C@@H](O)COCc3ccccc3Cl)c3cccc1c23. The molecular weight excluding hydrogens is 400 g/mol. The number of rotatable bonds is 6. The van der Waals surface area contributed by atoms with Crippen LogP contribution in [0, 0.1) is 0 Å². The lowest BCUT2D eigenvalue weighted by Crippen LogP contribution is -2.22. The molecule has 30 heavy (non-hydrogen) atoms.